The van der Waals surface area contributed by atoms with Crippen LogP contribution in [-0.4, -0.2) is 15.4 Å². The minimum Gasteiger partial charge on any atom is -0.354 e. The van der Waals surface area contributed by atoms with Gasteiger partial charge in [0.25, 0.3) is 0 Å². The van der Waals surface area contributed by atoms with E-state index in [0.717, 1.165) is 5.39 Å². The first-order valence-corrected chi connectivity index (χ1v) is 2.83. The third-order valence-corrected chi connectivity index (χ3v) is 1.31. The van der Waals surface area contributed by atoms with Gasteiger partial charge in [-0.3, -0.25) is 5.10 Å². The van der Waals surface area contributed by atoms with E-state index in [0.29, 0.717) is 11.4 Å². The number of aromatic nitrogens is 3. The normalized spacial score (nSPS) is 10.4. The molecule has 2 aromatic rings. The number of hydrogen-bond donors (Lipinski definition) is 1. The second-order valence-corrected chi connectivity index (χ2v) is 1.88. The van der Waals surface area contributed by atoms with Crippen molar-refractivity contribution in [3.63, 3.8) is 0 Å². The summed E-state index contributed by atoms with van der Waals surface area (Å²) in [6.07, 6.45) is 3.26. The highest BCUT2D eigenvalue weighted by atomic mass is 16.5. The van der Waals surface area contributed by atoms with Crippen LogP contribution in [0.3, 0.4) is 0 Å². The molecule has 2 rings (SSSR count). The van der Waals surface area contributed by atoms with Gasteiger partial charge in [-0.25, -0.2) is 0 Å². The molecule has 4 nitrogen and oxygen atoms in total. The molecule has 10 heavy (non-hydrogen) atoms. The minimum absolute atomic E-state index is 0.656. The summed E-state index contributed by atoms with van der Waals surface area (Å²) in [5.74, 6) is 0.656. The summed E-state index contributed by atoms with van der Waals surface area (Å²) in [6, 6.07) is 0. The van der Waals surface area contributed by atoms with Crippen molar-refractivity contribution in [2.45, 2.75) is 0 Å². The van der Waals surface area contributed by atoms with Gasteiger partial charge in [0.1, 0.15) is 0 Å². The van der Waals surface area contributed by atoms with E-state index < -0.39 is 0 Å². The first-order chi connectivity index (χ1) is 4.92. The van der Waals surface area contributed by atoms with Crippen molar-refractivity contribution in [1.29, 1.82) is 0 Å². The predicted octanol–water partition coefficient (Wildman–Crippen LogP) is 1.19. The lowest BCUT2D eigenvalue weighted by Crippen LogP contribution is -1.64. The van der Waals surface area contributed by atoms with Crippen LogP contribution >= 0.6 is 0 Å². The van der Waals surface area contributed by atoms with Crippen LogP contribution < -0.4 is 0 Å². The van der Waals surface area contributed by atoms with Gasteiger partial charge in [-0.05, 0) is 6.08 Å². The van der Waals surface area contributed by atoms with Gasteiger partial charge in [-0.2, -0.15) is 5.10 Å². The standard InChI is InChI=1S/C6H5N3O/c1-2-5-4-3-7-8-6(4)9-10-5/h2-3H,1H2,(H,8,9). The Balaban J connectivity index is 2.88. The van der Waals surface area contributed by atoms with Crippen LogP contribution in [0.15, 0.2) is 17.3 Å². The number of nitrogens with zero attached hydrogens (tertiary/aromatic N) is 2. The number of fused-ring (bicyclic) bond motifs is 1. The summed E-state index contributed by atoms with van der Waals surface area (Å²) in [5.41, 5.74) is 0.662. The molecular weight excluding hydrogens is 130 g/mol. The molecular formula is C6H5N3O. The molecule has 0 saturated heterocycles. The second kappa shape index (κ2) is 1.70. The molecule has 0 amide bonds. The van der Waals surface area contributed by atoms with Gasteiger partial charge in [0.15, 0.2) is 11.4 Å². The fourth-order valence-electron chi connectivity index (χ4n) is 0.820. The van der Waals surface area contributed by atoms with E-state index in [1.807, 2.05) is 0 Å². The lowest BCUT2D eigenvalue weighted by molar-refractivity contribution is 0.418. The highest BCUT2D eigenvalue weighted by Crippen LogP contribution is 2.15. The molecule has 50 valence electrons. The van der Waals surface area contributed by atoms with Crippen molar-refractivity contribution < 1.29 is 4.52 Å². The van der Waals surface area contributed by atoms with Crippen molar-refractivity contribution in [3.05, 3.63) is 18.5 Å². The Kier molecular flexibility index (Phi) is 0.887. The number of rotatable bonds is 1. The third-order valence-electron chi connectivity index (χ3n) is 1.31. The van der Waals surface area contributed by atoms with Gasteiger partial charge in [0.05, 0.1) is 11.6 Å². The van der Waals surface area contributed by atoms with E-state index in [2.05, 4.69) is 21.9 Å². The van der Waals surface area contributed by atoms with Crippen LogP contribution in [0, 0.1) is 0 Å². The Morgan fingerprint density at radius 3 is 3.40 bits per heavy atom. The lowest BCUT2D eigenvalue weighted by atomic mass is 10.3. The number of nitrogens with one attached hydrogen (secondary N) is 1. The first kappa shape index (κ1) is 5.22. The summed E-state index contributed by atoms with van der Waals surface area (Å²) in [7, 11) is 0. The monoisotopic (exact) mass is 135 g/mol. The molecule has 0 radical (unpaired) electrons. The number of H-pyrrole nitrogens is 1. The fraction of sp³-hybridized carbons (Fsp3) is 0. The van der Waals surface area contributed by atoms with Gasteiger partial charge < -0.3 is 4.52 Å². The zero-order valence-electron chi connectivity index (χ0n) is 5.16. The van der Waals surface area contributed by atoms with Crippen LogP contribution in [0.1, 0.15) is 5.76 Å². The van der Waals surface area contributed by atoms with Gasteiger partial charge in [-0.15, -0.1) is 0 Å². The summed E-state index contributed by atoms with van der Waals surface area (Å²) in [6.45, 7) is 3.56. The molecule has 1 N–H and O–H groups in total. The maximum atomic E-state index is 4.86. The highest BCUT2D eigenvalue weighted by Gasteiger charge is 2.04. The average molecular weight is 135 g/mol. The van der Waals surface area contributed by atoms with E-state index in [4.69, 9.17) is 4.52 Å². The van der Waals surface area contributed by atoms with Crippen LogP contribution in [0.4, 0.5) is 0 Å². The zero-order valence-corrected chi connectivity index (χ0v) is 5.16. The van der Waals surface area contributed by atoms with E-state index in [1.54, 1.807) is 12.3 Å². The van der Waals surface area contributed by atoms with Crippen molar-refractivity contribution >= 4 is 17.1 Å². The molecule has 0 aliphatic rings. The molecule has 0 spiro atoms. The maximum absolute atomic E-state index is 4.86. The van der Waals surface area contributed by atoms with Crippen LogP contribution in [0.2, 0.25) is 0 Å². The average Bonchev–Trinajstić information content (AvgIpc) is 2.44. The van der Waals surface area contributed by atoms with Crippen molar-refractivity contribution in [1.82, 2.24) is 15.4 Å². The van der Waals surface area contributed by atoms with Gasteiger partial charge >= 0.3 is 0 Å². The smallest absolute Gasteiger partial charge is 0.199 e. The van der Waals surface area contributed by atoms with Gasteiger partial charge in [0, 0.05) is 0 Å². The first-order valence-electron chi connectivity index (χ1n) is 2.83. The number of hydrogen-bond acceptors (Lipinski definition) is 3. The molecule has 0 fully saturated rings. The van der Waals surface area contributed by atoms with Crippen molar-refractivity contribution in [2.75, 3.05) is 0 Å². The Morgan fingerprint density at radius 1 is 1.70 bits per heavy atom. The largest absolute Gasteiger partial charge is 0.354 e. The highest BCUT2D eigenvalue weighted by molar-refractivity contribution is 5.81. The zero-order chi connectivity index (χ0) is 6.97. The molecule has 0 aromatic carbocycles. The van der Waals surface area contributed by atoms with Gasteiger partial charge in [-0.1, -0.05) is 11.7 Å². The summed E-state index contributed by atoms with van der Waals surface area (Å²) in [5, 5.41) is 11.0. The lowest BCUT2D eigenvalue weighted by Gasteiger charge is -1.74. The predicted molar refractivity (Wildman–Crippen MR) is 36.2 cm³/mol. The molecule has 0 bridgehead atoms. The Labute approximate surface area is 56.5 Å². The summed E-state index contributed by atoms with van der Waals surface area (Å²) >= 11 is 0. The van der Waals surface area contributed by atoms with Crippen molar-refractivity contribution in [3.8, 4) is 0 Å². The molecule has 0 aliphatic heterocycles. The second-order valence-electron chi connectivity index (χ2n) is 1.88. The Morgan fingerprint density at radius 2 is 2.60 bits per heavy atom. The van der Waals surface area contributed by atoms with Crippen LogP contribution in [-0.2, 0) is 0 Å². The number of aromatic amines is 1. The molecule has 0 saturated carbocycles. The quantitative estimate of drug-likeness (QED) is 0.639. The maximum Gasteiger partial charge on any atom is 0.199 e. The van der Waals surface area contributed by atoms with E-state index in [-0.39, 0.29) is 0 Å². The molecule has 0 unspecified atom stereocenters. The fourth-order valence-corrected chi connectivity index (χ4v) is 0.820. The summed E-state index contributed by atoms with van der Waals surface area (Å²) in [4.78, 5) is 0. The molecule has 0 aliphatic carbocycles. The molecule has 2 heterocycles. The van der Waals surface area contributed by atoms with Crippen molar-refractivity contribution in [2.24, 2.45) is 0 Å². The topological polar surface area (TPSA) is 54.7 Å². The molecule has 2 aromatic heterocycles. The molecule has 0 atom stereocenters. The van der Waals surface area contributed by atoms with E-state index in [9.17, 15) is 0 Å². The van der Waals surface area contributed by atoms with E-state index >= 15 is 0 Å². The Hall–Kier alpha value is -1.58. The van der Waals surface area contributed by atoms with Crippen LogP contribution in [0.25, 0.3) is 17.1 Å². The third kappa shape index (κ3) is 0.500. The molecule has 4 heteroatoms. The van der Waals surface area contributed by atoms with E-state index in [1.165, 1.54) is 0 Å². The minimum atomic E-state index is 0.656. The SMILES string of the molecule is C=Cc1onc2[nH]ncc12. The Bertz CT molecular complexity index is 360. The summed E-state index contributed by atoms with van der Waals surface area (Å²) < 4.78 is 4.86. The van der Waals surface area contributed by atoms with Crippen LogP contribution in [0.5, 0.6) is 0 Å². The van der Waals surface area contributed by atoms with Gasteiger partial charge in [0.2, 0.25) is 0 Å².